The van der Waals surface area contributed by atoms with Crippen molar-refractivity contribution in [2.24, 2.45) is 0 Å². The molecule has 0 radical (unpaired) electrons. The largest absolute Gasteiger partial charge is 0.388 e. The van der Waals surface area contributed by atoms with E-state index in [1.807, 2.05) is 0 Å². The van der Waals surface area contributed by atoms with Crippen LogP contribution in [0.2, 0.25) is 0 Å². The number of alkyl halides is 2. The van der Waals surface area contributed by atoms with Gasteiger partial charge in [0, 0.05) is 6.54 Å². The predicted molar refractivity (Wildman–Crippen MR) is 81.9 cm³/mol. The Morgan fingerprint density at radius 2 is 1.96 bits per heavy atom. The van der Waals surface area contributed by atoms with Crippen molar-refractivity contribution in [3.8, 4) is 0 Å². The first-order valence-electron chi connectivity index (χ1n) is 8.56. The maximum absolute atomic E-state index is 14.6. The minimum absolute atomic E-state index is 0.00649. The average Bonchev–Trinajstić information content (AvgIpc) is 3.16. The highest BCUT2D eigenvalue weighted by Crippen LogP contribution is 2.43. The summed E-state index contributed by atoms with van der Waals surface area (Å²) >= 11 is 0. The quantitative estimate of drug-likeness (QED) is 0.838. The number of piperidine rings is 1. The molecular formula is C16H23F2N3O4. The second kappa shape index (κ2) is 6.28. The van der Waals surface area contributed by atoms with Gasteiger partial charge >= 0.3 is 5.92 Å². The van der Waals surface area contributed by atoms with Crippen LogP contribution < -0.4 is 0 Å². The molecule has 1 aromatic rings. The van der Waals surface area contributed by atoms with E-state index in [1.165, 1.54) is 0 Å². The van der Waals surface area contributed by atoms with Gasteiger partial charge in [-0.1, -0.05) is 18.0 Å². The lowest BCUT2D eigenvalue weighted by atomic mass is 9.87. The average molecular weight is 359 g/mol. The normalized spacial score (nSPS) is 26.8. The molecule has 0 bridgehead atoms. The molecular weight excluding hydrogens is 336 g/mol. The number of carbonyl (C=O) groups excluding carboxylic acids is 1. The number of aliphatic hydroxyl groups is 2. The van der Waals surface area contributed by atoms with Gasteiger partial charge in [0.05, 0.1) is 18.6 Å². The molecule has 1 saturated carbocycles. The number of aryl methyl sites for hydroxylation is 1. The van der Waals surface area contributed by atoms with Crippen LogP contribution in [0.5, 0.6) is 0 Å². The Hall–Kier alpha value is -1.61. The maximum atomic E-state index is 14.6. The number of aromatic nitrogens is 2. The fraction of sp³-hybridized carbons (Fsp3) is 0.812. The molecule has 0 spiro atoms. The first kappa shape index (κ1) is 18.2. The summed E-state index contributed by atoms with van der Waals surface area (Å²) in [5, 5.41) is 24.6. The first-order valence-corrected chi connectivity index (χ1v) is 8.56. The highest BCUT2D eigenvalue weighted by molar-refractivity contribution is 5.85. The molecule has 9 heteroatoms. The Morgan fingerprint density at radius 3 is 2.56 bits per heavy atom. The van der Waals surface area contributed by atoms with Gasteiger partial charge in [-0.15, -0.1) is 0 Å². The summed E-state index contributed by atoms with van der Waals surface area (Å²) in [7, 11) is 0. The van der Waals surface area contributed by atoms with Crippen LogP contribution in [-0.4, -0.2) is 61.4 Å². The van der Waals surface area contributed by atoms with Crippen molar-refractivity contribution in [2.75, 3.05) is 13.1 Å². The van der Waals surface area contributed by atoms with Gasteiger partial charge in [-0.05, 0) is 32.6 Å². The van der Waals surface area contributed by atoms with E-state index >= 15 is 0 Å². The molecule has 140 valence electrons. The van der Waals surface area contributed by atoms with Crippen LogP contribution >= 0.6 is 0 Å². The number of amides is 1. The van der Waals surface area contributed by atoms with Crippen LogP contribution in [0.15, 0.2) is 4.52 Å². The van der Waals surface area contributed by atoms with Crippen LogP contribution in [0.25, 0.3) is 0 Å². The predicted octanol–water partition coefficient (Wildman–Crippen LogP) is 1.21. The van der Waals surface area contributed by atoms with Crippen LogP contribution in [0.3, 0.4) is 0 Å². The third-order valence-electron chi connectivity index (χ3n) is 5.18. The van der Waals surface area contributed by atoms with Crippen LogP contribution in [0, 0.1) is 6.92 Å². The minimum Gasteiger partial charge on any atom is -0.388 e. The van der Waals surface area contributed by atoms with Gasteiger partial charge in [0.25, 0.3) is 5.91 Å². The van der Waals surface area contributed by atoms with Gasteiger partial charge in [0.2, 0.25) is 5.89 Å². The molecule has 1 atom stereocenters. The van der Waals surface area contributed by atoms with Crippen molar-refractivity contribution in [1.82, 2.24) is 15.0 Å². The summed E-state index contributed by atoms with van der Waals surface area (Å²) in [4.78, 5) is 17.4. The Kier molecular flexibility index (Phi) is 4.57. The number of β-amino-alcohol motifs (C(OH)–C–C–N with tert-alkyl or cyclic N) is 1. The number of hydrogen-bond acceptors (Lipinski definition) is 6. The van der Waals surface area contributed by atoms with Gasteiger partial charge in [-0.3, -0.25) is 4.79 Å². The summed E-state index contributed by atoms with van der Waals surface area (Å²) < 4.78 is 34.2. The molecule has 1 saturated heterocycles. The summed E-state index contributed by atoms with van der Waals surface area (Å²) in [5.41, 5.74) is -3.69. The SMILES string of the molecule is Cc1noc(CC2(O)CCCN(C(=O)C(F)(F)C3(O)CCCC3)C2)n1. The summed E-state index contributed by atoms with van der Waals surface area (Å²) in [6.07, 6.45) is 1.47. The summed E-state index contributed by atoms with van der Waals surface area (Å²) in [6, 6.07) is 0. The third kappa shape index (κ3) is 3.39. The fourth-order valence-corrected chi connectivity index (χ4v) is 3.79. The maximum Gasteiger partial charge on any atom is 0.352 e. The molecule has 3 rings (SSSR count). The molecule has 2 aliphatic rings. The van der Waals surface area contributed by atoms with Crippen LogP contribution in [0.1, 0.15) is 50.2 Å². The number of rotatable bonds is 4. The highest BCUT2D eigenvalue weighted by Gasteiger charge is 2.61. The topological polar surface area (TPSA) is 99.7 Å². The first-order chi connectivity index (χ1) is 11.7. The second-order valence-corrected chi connectivity index (χ2v) is 7.28. The van der Waals surface area contributed by atoms with Gasteiger partial charge in [0.1, 0.15) is 5.60 Å². The van der Waals surface area contributed by atoms with Crippen molar-refractivity contribution in [1.29, 1.82) is 0 Å². The summed E-state index contributed by atoms with van der Waals surface area (Å²) in [5.74, 6) is -4.66. The molecule has 25 heavy (non-hydrogen) atoms. The van der Waals surface area contributed by atoms with E-state index < -0.39 is 23.0 Å². The van der Waals surface area contributed by atoms with E-state index in [-0.39, 0.29) is 38.2 Å². The smallest absolute Gasteiger partial charge is 0.352 e. The monoisotopic (exact) mass is 359 g/mol. The van der Waals surface area contributed by atoms with Gasteiger partial charge in [0.15, 0.2) is 5.82 Å². The van der Waals surface area contributed by atoms with Crippen molar-refractivity contribution < 1.29 is 28.3 Å². The standard InChI is InChI=1S/C16H23F2N3O4/c1-11-19-12(25-20-11)9-14(23)5-4-8-21(10-14)13(22)16(17,18)15(24)6-2-3-7-15/h23-24H,2-10H2,1H3. The Bertz CT molecular complexity index is 645. The van der Waals surface area contributed by atoms with E-state index in [9.17, 15) is 23.8 Å². The van der Waals surface area contributed by atoms with Crippen molar-refractivity contribution in [2.45, 2.75) is 69.0 Å². The van der Waals surface area contributed by atoms with Crippen molar-refractivity contribution in [3.63, 3.8) is 0 Å². The van der Waals surface area contributed by atoms with E-state index in [0.717, 1.165) is 4.90 Å². The molecule has 0 aromatic carbocycles. The summed E-state index contributed by atoms with van der Waals surface area (Å²) in [6.45, 7) is 1.51. The van der Waals surface area contributed by atoms with Crippen LogP contribution in [0.4, 0.5) is 8.78 Å². The third-order valence-corrected chi connectivity index (χ3v) is 5.18. The molecule has 1 unspecified atom stereocenters. The van der Waals surface area contributed by atoms with Gasteiger partial charge in [-0.2, -0.15) is 13.8 Å². The van der Waals surface area contributed by atoms with E-state index in [2.05, 4.69) is 10.1 Å². The van der Waals surface area contributed by atoms with Crippen molar-refractivity contribution >= 4 is 5.91 Å². The molecule has 2 fully saturated rings. The van der Waals surface area contributed by atoms with Gasteiger partial charge < -0.3 is 19.6 Å². The molecule has 1 aliphatic heterocycles. The zero-order valence-electron chi connectivity index (χ0n) is 14.2. The highest BCUT2D eigenvalue weighted by atomic mass is 19.3. The number of nitrogens with zero attached hydrogens (tertiary/aromatic N) is 3. The molecule has 2 heterocycles. The number of likely N-dealkylation sites (tertiary alicyclic amines) is 1. The van der Waals surface area contributed by atoms with E-state index in [0.29, 0.717) is 31.5 Å². The molecule has 7 nitrogen and oxygen atoms in total. The lowest BCUT2D eigenvalue weighted by Gasteiger charge is -2.41. The van der Waals surface area contributed by atoms with Gasteiger partial charge in [-0.25, -0.2) is 0 Å². The zero-order chi connectivity index (χ0) is 18.3. The Labute approximate surface area is 144 Å². The van der Waals surface area contributed by atoms with Crippen molar-refractivity contribution in [3.05, 3.63) is 11.7 Å². The second-order valence-electron chi connectivity index (χ2n) is 7.28. The lowest BCUT2D eigenvalue weighted by molar-refractivity contribution is -0.204. The molecule has 1 aliphatic carbocycles. The lowest BCUT2D eigenvalue weighted by Crippen LogP contribution is -2.61. The number of carbonyl (C=O) groups is 1. The molecule has 1 amide bonds. The Balaban J connectivity index is 1.72. The van der Waals surface area contributed by atoms with E-state index in [1.54, 1.807) is 6.92 Å². The number of halogens is 2. The molecule has 1 aromatic heterocycles. The Morgan fingerprint density at radius 1 is 1.28 bits per heavy atom. The van der Waals surface area contributed by atoms with Crippen LogP contribution in [-0.2, 0) is 11.2 Å². The minimum atomic E-state index is -3.86. The molecule has 2 N–H and O–H groups in total. The fourth-order valence-electron chi connectivity index (χ4n) is 3.79. The van der Waals surface area contributed by atoms with E-state index in [4.69, 9.17) is 4.52 Å². The zero-order valence-corrected chi connectivity index (χ0v) is 14.2. The number of hydrogen-bond donors (Lipinski definition) is 2.